The Morgan fingerprint density at radius 1 is 0.970 bits per heavy atom. The molecular weight excluding hydrogens is 432 g/mol. The fourth-order valence-electron chi connectivity index (χ4n) is 3.65. The van der Waals surface area contributed by atoms with Gasteiger partial charge in [-0.3, -0.25) is 14.2 Å². The van der Waals surface area contributed by atoms with Crippen molar-refractivity contribution < 1.29 is 9.90 Å². The molecule has 4 aromatic rings. The molecule has 0 saturated heterocycles. The number of rotatable bonds is 8. The highest BCUT2D eigenvalue weighted by molar-refractivity contribution is 8.00. The third-order valence-corrected chi connectivity index (χ3v) is 6.79. The molecule has 1 N–H and O–H groups in total. The number of hydrogen-bond donors (Lipinski definition) is 1. The first kappa shape index (κ1) is 23.0. The topological polar surface area (TPSA) is 72.2 Å². The van der Waals surface area contributed by atoms with Crippen LogP contribution < -0.4 is 5.56 Å². The zero-order valence-electron chi connectivity index (χ0n) is 18.7. The van der Waals surface area contributed by atoms with Crippen LogP contribution in [0.25, 0.3) is 10.9 Å². The molecule has 3 aromatic carbocycles. The predicted molar refractivity (Wildman–Crippen MR) is 133 cm³/mol. The Bertz CT molecular complexity index is 1330. The Balaban J connectivity index is 1.83. The number of aliphatic hydroxyl groups is 1. The lowest BCUT2D eigenvalue weighted by Crippen LogP contribution is -2.25. The monoisotopic (exact) mass is 458 g/mol. The summed E-state index contributed by atoms with van der Waals surface area (Å²) in [6.07, 6.45) is 0.425. The number of hydrogen-bond acceptors (Lipinski definition) is 5. The molecule has 4 rings (SSSR count). The van der Waals surface area contributed by atoms with Gasteiger partial charge in [-0.05, 0) is 38.0 Å². The zero-order chi connectivity index (χ0) is 23.4. The summed E-state index contributed by atoms with van der Waals surface area (Å²) in [6, 6.07) is 22.6. The molecule has 33 heavy (non-hydrogen) atoms. The number of carbonyl (C=O) groups is 1. The molecular formula is C27H26N2O3S. The van der Waals surface area contributed by atoms with Gasteiger partial charge in [0, 0.05) is 18.7 Å². The summed E-state index contributed by atoms with van der Waals surface area (Å²) in [5.41, 5.74) is 4.09. The van der Waals surface area contributed by atoms with Gasteiger partial charge < -0.3 is 5.11 Å². The summed E-state index contributed by atoms with van der Waals surface area (Å²) in [7, 11) is 0. The average molecular weight is 459 g/mol. The van der Waals surface area contributed by atoms with Crippen LogP contribution in [-0.4, -0.2) is 27.0 Å². The third kappa shape index (κ3) is 5.07. The molecule has 1 heterocycles. The Kier molecular flexibility index (Phi) is 7.06. The van der Waals surface area contributed by atoms with Gasteiger partial charge in [0.25, 0.3) is 5.56 Å². The van der Waals surface area contributed by atoms with Crippen molar-refractivity contribution in [3.05, 3.63) is 105 Å². The Morgan fingerprint density at radius 2 is 1.61 bits per heavy atom. The van der Waals surface area contributed by atoms with E-state index in [9.17, 15) is 14.7 Å². The van der Waals surface area contributed by atoms with E-state index in [1.165, 1.54) is 11.8 Å². The number of fused-ring (bicyclic) bond motifs is 1. The quantitative estimate of drug-likeness (QED) is 0.226. The Morgan fingerprint density at radius 3 is 2.27 bits per heavy atom. The maximum absolute atomic E-state index is 13.6. The lowest BCUT2D eigenvalue weighted by Gasteiger charge is -2.19. The maximum atomic E-state index is 13.6. The summed E-state index contributed by atoms with van der Waals surface area (Å²) in [6.45, 7) is 4.28. The van der Waals surface area contributed by atoms with Crippen molar-refractivity contribution in [2.24, 2.45) is 0 Å². The molecule has 0 radical (unpaired) electrons. The van der Waals surface area contributed by atoms with Crippen LogP contribution in [-0.2, 0) is 6.54 Å². The lowest BCUT2D eigenvalue weighted by molar-refractivity contribution is 0.0989. The van der Waals surface area contributed by atoms with E-state index in [1.54, 1.807) is 16.7 Å². The number of aromatic nitrogens is 2. The molecule has 0 unspecified atom stereocenters. The summed E-state index contributed by atoms with van der Waals surface area (Å²) >= 11 is 1.28. The first-order chi connectivity index (χ1) is 16.0. The standard InChI is InChI=1S/C27H26N2O3S/c1-18-8-12-20(13-9-18)24(31)25(21-14-10-19(2)11-15-21)33-27-28-23-7-4-3-6-22(23)26(32)29(27)16-5-17-30/h3-4,6-15,25,30H,5,16-17H2,1-2H3/t25-/m0/s1. The maximum Gasteiger partial charge on any atom is 0.262 e. The number of para-hydroxylation sites is 1. The van der Waals surface area contributed by atoms with Gasteiger partial charge in [0.15, 0.2) is 10.9 Å². The summed E-state index contributed by atoms with van der Waals surface area (Å²) in [5.74, 6) is -0.0417. The van der Waals surface area contributed by atoms with E-state index >= 15 is 0 Å². The number of thioether (sulfide) groups is 1. The molecule has 0 saturated carbocycles. The van der Waals surface area contributed by atoms with E-state index in [4.69, 9.17) is 4.98 Å². The van der Waals surface area contributed by atoms with Crippen LogP contribution in [0.4, 0.5) is 0 Å². The number of nitrogens with zero attached hydrogens (tertiary/aromatic N) is 2. The fourth-order valence-corrected chi connectivity index (χ4v) is 4.85. The molecule has 0 aliphatic heterocycles. The smallest absolute Gasteiger partial charge is 0.262 e. The van der Waals surface area contributed by atoms with Crippen LogP contribution in [0.15, 0.2) is 82.7 Å². The minimum absolute atomic E-state index is 0.0347. The first-order valence-corrected chi connectivity index (χ1v) is 11.8. The lowest BCUT2D eigenvalue weighted by atomic mass is 10.0. The largest absolute Gasteiger partial charge is 0.396 e. The zero-order valence-corrected chi connectivity index (χ0v) is 19.5. The number of aryl methyl sites for hydroxylation is 2. The summed E-state index contributed by atoms with van der Waals surface area (Å²) in [5, 5.41) is 9.80. The van der Waals surface area contributed by atoms with Crippen molar-refractivity contribution in [1.82, 2.24) is 9.55 Å². The Hall–Kier alpha value is -3.22. The minimum atomic E-state index is -0.568. The average Bonchev–Trinajstić information content (AvgIpc) is 2.83. The van der Waals surface area contributed by atoms with Crippen molar-refractivity contribution in [2.45, 2.75) is 37.2 Å². The molecule has 0 aliphatic carbocycles. The van der Waals surface area contributed by atoms with E-state index in [1.807, 2.05) is 74.5 Å². The van der Waals surface area contributed by atoms with E-state index in [-0.39, 0.29) is 17.9 Å². The SMILES string of the molecule is Cc1ccc(C(=O)[C@@H](Sc2nc3ccccc3c(=O)n2CCCO)c2ccc(C)cc2)cc1. The summed E-state index contributed by atoms with van der Waals surface area (Å²) < 4.78 is 1.58. The van der Waals surface area contributed by atoms with Crippen LogP contribution in [0.5, 0.6) is 0 Å². The van der Waals surface area contributed by atoms with E-state index in [0.717, 1.165) is 16.7 Å². The molecule has 168 valence electrons. The van der Waals surface area contributed by atoms with Crippen LogP contribution in [0, 0.1) is 13.8 Å². The van der Waals surface area contributed by atoms with Gasteiger partial charge in [-0.1, -0.05) is 83.6 Å². The van der Waals surface area contributed by atoms with Crippen molar-refractivity contribution in [2.75, 3.05) is 6.61 Å². The third-order valence-electron chi connectivity index (χ3n) is 5.54. The van der Waals surface area contributed by atoms with Crippen molar-refractivity contribution in [3.63, 3.8) is 0 Å². The molecule has 0 amide bonds. The normalized spacial score (nSPS) is 12.1. The molecule has 0 aliphatic rings. The van der Waals surface area contributed by atoms with E-state index in [0.29, 0.717) is 34.6 Å². The number of Topliss-reactive ketones (excluding diaryl/α,β-unsaturated/α-hetero) is 1. The van der Waals surface area contributed by atoms with Gasteiger partial charge in [0.1, 0.15) is 5.25 Å². The second-order valence-electron chi connectivity index (χ2n) is 8.08. The van der Waals surface area contributed by atoms with Crippen LogP contribution in [0.3, 0.4) is 0 Å². The predicted octanol–water partition coefficient (Wildman–Crippen LogP) is 5.11. The van der Waals surface area contributed by atoms with Crippen molar-refractivity contribution >= 4 is 28.4 Å². The number of carbonyl (C=O) groups excluding carboxylic acids is 1. The molecule has 1 aromatic heterocycles. The molecule has 1 atom stereocenters. The number of ketones is 1. The molecule has 0 fully saturated rings. The minimum Gasteiger partial charge on any atom is -0.396 e. The molecule has 0 bridgehead atoms. The first-order valence-electron chi connectivity index (χ1n) is 10.9. The van der Waals surface area contributed by atoms with Crippen molar-refractivity contribution in [1.29, 1.82) is 0 Å². The van der Waals surface area contributed by atoms with Gasteiger partial charge in [-0.15, -0.1) is 0 Å². The molecule has 6 heteroatoms. The van der Waals surface area contributed by atoms with Gasteiger partial charge in [0.05, 0.1) is 10.9 Å². The van der Waals surface area contributed by atoms with E-state index < -0.39 is 5.25 Å². The van der Waals surface area contributed by atoms with Crippen LogP contribution >= 0.6 is 11.8 Å². The van der Waals surface area contributed by atoms with Gasteiger partial charge >= 0.3 is 0 Å². The van der Waals surface area contributed by atoms with Crippen LogP contribution in [0.2, 0.25) is 0 Å². The number of benzene rings is 3. The van der Waals surface area contributed by atoms with Gasteiger partial charge in [-0.25, -0.2) is 4.98 Å². The highest BCUT2D eigenvalue weighted by atomic mass is 32.2. The number of aliphatic hydroxyl groups excluding tert-OH is 1. The highest BCUT2D eigenvalue weighted by Crippen LogP contribution is 2.37. The van der Waals surface area contributed by atoms with Gasteiger partial charge in [-0.2, -0.15) is 0 Å². The molecule has 0 spiro atoms. The van der Waals surface area contributed by atoms with Crippen LogP contribution in [0.1, 0.15) is 38.7 Å². The summed E-state index contributed by atoms with van der Waals surface area (Å²) in [4.78, 5) is 31.6. The highest BCUT2D eigenvalue weighted by Gasteiger charge is 2.26. The second kappa shape index (κ2) is 10.1. The Labute approximate surface area is 197 Å². The second-order valence-corrected chi connectivity index (χ2v) is 9.16. The van der Waals surface area contributed by atoms with Gasteiger partial charge in [0.2, 0.25) is 0 Å². The van der Waals surface area contributed by atoms with Crippen molar-refractivity contribution in [3.8, 4) is 0 Å². The van der Waals surface area contributed by atoms with E-state index in [2.05, 4.69) is 0 Å². The molecule has 5 nitrogen and oxygen atoms in total. The fraction of sp³-hybridized carbons (Fsp3) is 0.222.